The van der Waals surface area contributed by atoms with E-state index in [1.54, 1.807) is 34.7 Å². The average molecular weight is 376 g/mol. The number of rotatable bonds is 5. The molecule has 0 radical (unpaired) electrons. The molecular weight excluding hydrogens is 364 g/mol. The Bertz CT molecular complexity index is 991. The monoisotopic (exact) mass is 376 g/mol. The van der Waals surface area contributed by atoms with E-state index in [1.807, 2.05) is 31.2 Å². The molecule has 122 valence electrons. The Morgan fingerprint density at radius 1 is 1.12 bits per heavy atom. The molecule has 4 aromatic rings. The minimum Gasteiger partial charge on any atom is -0.496 e. The van der Waals surface area contributed by atoms with Crippen LogP contribution in [0.2, 0.25) is 0 Å². The molecule has 3 aromatic heterocycles. The number of hydrogen-bond donors (Lipinski definition) is 0. The molecule has 4 rings (SSSR count). The molecule has 7 nitrogen and oxygen atoms in total. The quantitative estimate of drug-likeness (QED) is 0.494. The molecule has 3 heterocycles. The number of fused-ring (bicyclic) bond motifs is 1. The summed E-state index contributed by atoms with van der Waals surface area (Å²) in [4.78, 5) is 0.764. The number of aryl methyl sites for hydroxylation is 1. The fourth-order valence-electron chi connectivity index (χ4n) is 2.14. The molecule has 0 aliphatic rings. The number of ether oxygens (including phenoxy) is 1. The Morgan fingerprint density at radius 2 is 2.00 bits per heavy atom. The van der Waals surface area contributed by atoms with Crippen molar-refractivity contribution in [1.29, 1.82) is 0 Å². The first-order valence-electron chi connectivity index (χ1n) is 7.02. The summed E-state index contributed by atoms with van der Waals surface area (Å²) in [5.41, 5.74) is 0.953. The molecule has 0 amide bonds. The van der Waals surface area contributed by atoms with Gasteiger partial charge in [0.15, 0.2) is 15.2 Å². The Morgan fingerprint density at radius 3 is 2.79 bits per heavy atom. The van der Waals surface area contributed by atoms with Crippen molar-refractivity contribution < 1.29 is 4.74 Å². The molecule has 0 bridgehead atoms. The van der Waals surface area contributed by atoms with Crippen molar-refractivity contribution in [2.45, 2.75) is 17.0 Å². The Hall–Kier alpha value is -2.04. The lowest BCUT2D eigenvalue weighted by atomic mass is 10.2. The van der Waals surface area contributed by atoms with Gasteiger partial charge in [-0.25, -0.2) is 0 Å². The number of methoxy groups -OCH3 is 1. The van der Waals surface area contributed by atoms with Crippen LogP contribution < -0.4 is 4.74 Å². The molecule has 0 aliphatic carbocycles. The van der Waals surface area contributed by atoms with Crippen LogP contribution in [0.4, 0.5) is 0 Å². The van der Waals surface area contributed by atoms with Crippen molar-refractivity contribution in [1.82, 2.24) is 30.0 Å². The second kappa shape index (κ2) is 6.46. The highest BCUT2D eigenvalue weighted by molar-refractivity contribution is 8.00. The molecule has 0 atom stereocenters. The zero-order chi connectivity index (χ0) is 16.5. The molecule has 0 N–H and O–H groups in total. The van der Waals surface area contributed by atoms with Gasteiger partial charge in [0.1, 0.15) is 10.8 Å². The fraction of sp³-hybridized carbons (Fsp3) is 0.214. The van der Waals surface area contributed by atoms with Gasteiger partial charge in [-0.1, -0.05) is 46.6 Å². The smallest absolute Gasteiger partial charge is 0.235 e. The van der Waals surface area contributed by atoms with Gasteiger partial charge in [0, 0.05) is 0 Å². The normalized spacial score (nSPS) is 11.2. The van der Waals surface area contributed by atoms with Crippen LogP contribution in [-0.4, -0.2) is 37.1 Å². The second-order valence-corrected chi connectivity index (χ2v) is 8.15. The van der Waals surface area contributed by atoms with Crippen LogP contribution in [0.1, 0.15) is 10.8 Å². The van der Waals surface area contributed by atoms with Gasteiger partial charge in [0.25, 0.3) is 0 Å². The fourth-order valence-corrected chi connectivity index (χ4v) is 4.75. The number of para-hydroxylation sites is 1. The van der Waals surface area contributed by atoms with Crippen molar-refractivity contribution >= 4 is 39.4 Å². The first kappa shape index (κ1) is 15.5. The molecule has 0 unspecified atom stereocenters. The number of aromatic nitrogens is 6. The second-order valence-electron chi connectivity index (χ2n) is 4.79. The van der Waals surface area contributed by atoms with E-state index < -0.39 is 0 Å². The molecule has 1 aromatic carbocycles. The van der Waals surface area contributed by atoms with E-state index in [2.05, 4.69) is 25.5 Å². The van der Waals surface area contributed by atoms with Gasteiger partial charge >= 0.3 is 0 Å². The summed E-state index contributed by atoms with van der Waals surface area (Å²) in [6, 6.07) is 7.82. The number of nitrogens with zero attached hydrogens (tertiary/aromatic N) is 6. The lowest BCUT2D eigenvalue weighted by Gasteiger charge is -2.03. The number of benzene rings is 1. The summed E-state index contributed by atoms with van der Waals surface area (Å²) in [6.45, 7) is 1.94. The van der Waals surface area contributed by atoms with Crippen LogP contribution in [0.5, 0.6) is 5.75 Å². The van der Waals surface area contributed by atoms with Gasteiger partial charge in [0.2, 0.25) is 4.96 Å². The summed E-state index contributed by atoms with van der Waals surface area (Å²) >= 11 is 4.65. The maximum atomic E-state index is 5.41. The minimum atomic E-state index is 0.644. The molecule has 0 saturated heterocycles. The summed E-state index contributed by atoms with van der Waals surface area (Å²) in [6.07, 6.45) is 0. The largest absolute Gasteiger partial charge is 0.496 e. The predicted octanol–water partition coefficient (Wildman–Crippen LogP) is 3.31. The van der Waals surface area contributed by atoms with E-state index in [-0.39, 0.29) is 0 Å². The van der Waals surface area contributed by atoms with E-state index >= 15 is 0 Å². The molecule has 0 aliphatic heterocycles. The van der Waals surface area contributed by atoms with E-state index in [0.717, 1.165) is 36.5 Å². The number of hydrogen-bond acceptors (Lipinski definition) is 9. The maximum absolute atomic E-state index is 5.41. The lowest BCUT2D eigenvalue weighted by Crippen LogP contribution is -1.94. The Kier molecular flexibility index (Phi) is 4.17. The minimum absolute atomic E-state index is 0.644. The van der Waals surface area contributed by atoms with Crippen molar-refractivity contribution in [2.75, 3.05) is 7.11 Å². The van der Waals surface area contributed by atoms with E-state index in [4.69, 9.17) is 4.74 Å². The van der Waals surface area contributed by atoms with Crippen molar-refractivity contribution in [2.24, 2.45) is 0 Å². The first-order valence-corrected chi connectivity index (χ1v) is 9.64. The van der Waals surface area contributed by atoms with E-state index in [9.17, 15) is 0 Å². The van der Waals surface area contributed by atoms with Gasteiger partial charge in [-0.15, -0.1) is 20.4 Å². The highest BCUT2D eigenvalue weighted by Crippen LogP contribution is 2.33. The summed E-state index contributed by atoms with van der Waals surface area (Å²) in [5.74, 6) is 2.23. The zero-order valence-electron chi connectivity index (χ0n) is 12.8. The summed E-state index contributed by atoms with van der Waals surface area (Å²) in [5, 5.41) is 23.0. The van der Waals surface area contributed by atoms with Crippen LogP contribution in [-0.2, 0) is 5.75 Å². The molecule has 0 saturated carbocycles. The van der Waals surface area contributed by atoms with Crippen LogP contribution in [0.15, 0.2) is 28.6 Å². The number of thioether (sulfide) groups is 1. The molecule has 0 fully saturated rings. The van der Waals surface area contributed by atoms with Gasteiger partial charge < -0.3 is 4.74 Å². The van der Waals surface area contributed by atoms with Crippen molar-refractivity contribution in [3.8, 4) is 16.3 Å². The van der Waals surface area contributed by atoms with E-state index in [0.29, 0.717) is 5.75 Å². The Labute approximate surface area is 149 Å². The van der Waals surface area contributed by atoms with Gasteiger partial charge in [0.05, 0.1) is 18.4 Å². The third-order valence-electron chi connectivity index (χ3n) is 3.23. The topological polar surface area (TPSA) is 78.1 Å². The highest BCUT2D eigenvalue weighted by atomic mass is 32.2. The third kappa shape index (κ3) is 2.87. The zero-order valence-corrected chi connectivity index (χ0v) is 15.3. The van der Waals surface area contributed by atoms with Gasteiger partial charge in [-0.3, -0.25) is 0 Å². The van der Waals surface area contributed by atoms with Crippen LogP contribution in [0.25, 0.3) is 15.5 Å². The van der Waals surface area contributed by atoms with Crippen molar-refractivity contribution in [3.05, 3.63) is 35.1 Å². The lowest BCUT2D eigenvalue weighted by molar-refractivity contribution is 0.416. The van der Waals surface area contributed by atoms with Crippen LogP contribution >= 0.6 is 34.4 Å². The van der Waals surface area contributed by atoms with Crippen LogP contribution in [0, 0.1) is 6.92 Å². The highest BCUT2D eigenvalue weighted by Gasteiger charge is 2.16. The standard InChI is InChI=1S/C14H12N6OS3/c1-8-15-18-14(23-8)22-7-11-16-17-13-20(11)19-12(24-13)9-5-3-4-6-10(9)21-2/h3-6H,7H2,1-2H3. The molecule has 24 heavy (non-hydrogen) atoms. The maximum Gasteiger partial charge on any atom is 0.235 e. The van der Waals surface area contributed by atoms with Crippen LogP contribution in [0.3, 0.4) is 0 Å². The van der Waals surface area contributed by atoms with Crippen molar-refractivity contribution in [3.63, 3.8) is 0 Å². The van der Waals surface area contributed by atoms with Gasteiger partial charge in [-0.2, -0.15) is 9.61 Å². The molecular formula is C14H12N6OS3. The molecule has 0 spiro atoms. The van der Waals surface area contributed by atoms with E-state index in [1.165, 1.54) is 11.3 Å². The summed E-state index contributed by atoms with van der Waals surface area (Å²) in [7, 11) is 1.66. The average Bonchev–Trinajstić information content (AvgIpc) is 3.29. The Balaban J connectivity index is 1.63. The third-order valence-corrected chi connectivity index (χ3v) is 6.13. The predicted molar refractivity (Wildman–Crippen MR) is 94.9 cm³/mol. The first-order chi connectivity index (χ1) is 11.7. The molecule has 10 heteroatoms. The van der Waals surface area contributed by atoms with Gasteiger partial charge in [-0.05, 0) is 19.1 Å². The summed E-state index contributed by atoms with van der Waals surface area (Å²) < 4.78 is 8.12. The SMILES string of the molecule is COc1ccccc1-c1nn2c(CSc3nnc(C)s3)nnc2s1.